The summed E-state index contributed by atoms with van der Waals surface area (Å²) in [7, 11) is 1.77. The van der Waals surface area contributed by atoms with Gasteiger partial charge in [-0.05, 0) is 46.7 Å². The number of amides is 1. The van der Waals surface area contributed by atoms with E-state index in [0.717, 1.165) is 5.56 Å². The lowest BCUT2D eigenvalue weighted by atomic mass is 10.2. The predicted molar refractivity (Wildman–Crippen MR) is 92.2 cm³/mol. The summed E-state index contributed by atoms with van der Waals surface area (Å²) in [5.41, 5.74) is 1.29. The number of benzene rings is 2. The molecule has 0 heterocycles. The second-order valence-electron chi connectivity index (χ2n) is 5.27. The molecule has 126 valence electrons. The summed E-state index contributed by atoms with van der Waals surface area (Å²) in [5, 5.41) is 13.4. The highest BCUT2D eigenvalue weighted by Gasteiger charge is 2.12. The molecule has 0 saturated heterocycles. The Kier molecular flexibility index (Phi) is 5.99. The molecule has 0 aliphatic rings. The van der Waals surface area contributed by atoms with Crippen LogP contribution in [0.3, 0.4) is 0 Å². The van der Waals surface area contributed by atoms with E-state index < -0.39 is 4.92 Å². The van der Waals surface area contributed by atoms with Crippen LogP contribution in [-0.4, -0.2) is 29.3 Å². The first kappa shape index (κ1) is 18.0. The highest BCUT2D eigenvalue weighted by Crippen LogP contribution is 2.27. The number of nitrogens with zero attached hydrogens (tertiary/aromatic N) is 2. The molecule has 2 aromatic rings. The Morgan fingerprint density at radius 3 is 2.54 bits per heavy atom. The summed E-state index contributed by atoms with van der Waals surface area (Å²) in [6.07, 6.45) is 0. The van der Waals surface area contributed by atoms with Crippen LogP contribution in [0.5, 0.6) is 0 Å². The van der Waals surface area contributed by atoms with Gasteiger partial charge in [-0.25, -0.2) is 4.39 Å². The van der Waals surface area contributed by atoms with E-state index in [9.17, 15) is 19.3 Å². The van der Waals surface area contributed by atoms with E-state index in [1.54, 1.807) is 24.1 Å². The van der Waals surface area contributed by atoms with Crippen molar-refractivity contribution in [3.05, 3.63) is 68.4 Å². The number of nitro benzene ring substituents is 1. The van der Waals surface area contributed by atoms with Crippen LogP contribution in [0.1, 0.15) is 5.56 Å². The van der Waals surface area contributed by atoms with Gasteiger partial charge in [-0.15, -0.1) is 0 Å². The quantitative estimate of drug-likeness (QED) is 0.599. The van der Waals surface area contributed by atoms with E-state index in [0.29, 0.717) is 16.7 Å². The van der Waals surface area contributed by atoms with Crippen LogP contribution in [0.25, 0.3) is 0 Å². The molecule has 1 amide bonds. The van der Waals surface area contributed by atoms with E-state index in [4.69, 9.17) is 0 Å². The number of nitrogens with one attached hydrogen (secondary N) is 1. The first-order valence-electron chi connectivity index (χ1n) is 7.02. The summed E-state index contributed by atoms with van der Waals surface area (Å²) in [4.78, 5) is 24.0. The van der Waals surface area contributed by atoms with Gasteiger partial charge in [-0.1, -0.05) is 12.1 Å². The van der Waals surface area contributed by atoms with Gasteiger partial charge in [-0.3, -0.25) is 19.8 Å². The maximum Gasteiger partial charge on any atom is 0.270 e. The van der Waals surface area contributed by atoms with E-state index in [-0.39, 0.29) is 24.0 Å². The molecule has 0 fully saturated rings. The van der Waals surface area contributed by atoms with Crippen molar-refractivity contribution >= 4 is 33.2 Å². The number of non-ortho nitro benzene ring substituents is 1. The summed E-state index contributed by atoms with van der Waals surface area (Å²) in [5.74, 6) is -0.559. The maximum absolute atomic E-state index is 12.9. The van der Waals surface area contributed by atoms with Crippen molar-refractivity contribution < 1.29 is 14.1 Å². The molecule has 0 aromatic heterocycles. The zero-order chi connectivity index (χ0) is 17.7. The Balaban J connectivity index is 1.92. The second kappa shape index (κ2) is 7.98. The topological polar surface area (TPSA) is 75.5 Å². The third-order valence-corrected chi connectivity index (χ3v) is 3.87. The Morgan fingerprint density at radius 2 is 1.96 bits per heavy atom. The Labute approximate surface area is 146 Å². The molecule has 6 nitrogen and oxygen atoms in total. The standard InChI is InChI=1S/C16H15BrFN3O3/c1-20(9-11-2-4-12(18)5-3-11)10-16(22)19-15-7-6-13(21(23)24)8-14(15)17/h2-8H,9-10H2,1H3,(H,19,22). The number of likely N-dealkylation sites (N-methyl/N-ethyl adjacent to an activating group) is 1. The van der Waals surface area contributed by atoms with Crippen molar-refractivity contribution in [2.45, 2.75) is 6.54 Å². The lowest BCUT2D eigenvalue weighted by molar-refractivity contribution is -0.384. The van der Waals surface area contributed by atoms with Crippen LogP contribution in [0.2, 0.25) is 0 Å². The van der Waals surface area contributed by atoms with Gasteiger partial charge in [-0.2, -0.15) is 0 Å². The van der Waals surface area contributed by atoms with E-state index >= 15 is 0 Å². The number of carbonyl (C=O) groups is 1. The Hall–Kier alpha value is -2.32. The van der Waals surface area contributed by atoms with Gasteiger partial charge in [0.1, 0.15) is 5.82 Å². The number of halogens is 2. The Morgan fingerprint density at radius 1 is 1.29 bits per heavy atom. The molecule has 2 rings (SSSR count). The molecule has 0 saturated carbocycles. The minimum Gasteiger partial charge on any atom is -0.324 e. The molecular weight excluding hydrogens is 381 g/mol. The summed E-state index contributed by atoms with van der Waals surface area (Å²) in [6.45, 7) is 0.621. The first-order valence-corrected chi connectivity index (χ1v) is 7.81. The molecule has 0 spiro atoms. The fourth-order valence-corrected chi connectivity index (χ4v) is 2.58. The molecule has 2 aromatic carbocycles. The SMILES string of the molecule is CN(CC(=O)Nc1ccc([N+](=O)[O-])cc1Br)Cc1ccc(F)cc1. The number of hydrogen-bond donors (Lipinski definition) is 1. The van der Waals surface area contributed by atoms with Gasteiger partial charge in [0.2, 0.25) is 5.91 Å². The Bertz CT molecular complexity index is 753. The summed E-state index contributed by atoms with van der Waals surface area (Å²) in [6, 6.07) is 10.2. The minimum absolute atomic E-state index is 0.0618. The van der Waals surface area contributed by atoms with Crippen LogP contribution in [-0.2, 0) is 11.3 Å². The maximum atomic E-state index is 12.9. The molecule has 0 atom stereocenters. The number of nitro groups is 1. The molecule has 1 N–H and O–H groups in total. The van der Waals surface area contributed by atoms with Crippen LogP contribution in [0.4, 0.5) is 15.8 Å². The van der Waals surface area contributed by atoms with E-state index in [2.05, 4.69) is 21.2 Å². The largest absolute Gasteiger partial charge is 0.324 e. The van der Waals surface area contributed by atoms with Crippen molar-refractivity contribution in [3.8, 4) is 0 Å². The zero-order valence-corrected chi connectivity index (χ0v) is 14.4. The van der Waals surface area contributed by atoms with Crippen molar-refractivity contribution in [1.29, 1.82) is 0 Å². The predicted octanol–water partition coefficient (Wildman–Crippen LogP) is 3.57. The number of carbonyl (C=O) groups excluding carboxylic acids is 1. The average molecular weight is 396 g/mol. The zero-order valence-electron chi connectivity index (χ0n) is 12.8. The smallest absolute Gasteiger partial charge is 0.270 e. The summed E-state index contributed by atoms with van der Waals surface area (Å²) >= 11 is 3.20. The number of hydrogen-bond acceptors (Lipinski definition) is 4. The van der Waals surface area contributed by atoms with E-state index in [1.807, 2.05) is 0 Å². The number of anilines is 1. The van der Waals surface area contributed by atoms with Crippen LogP contribution in [0.15, 0.2) is 46.9 Å². The summed E-state index contributed by atoms with van der Waals surface area (Å²) < 4.78 is 13.3. The average Bonchev–Trinajstić information content (AvgIpc) is 2.51. The van der Waals surface area contributed by atoms with Gasteiger partial charge < -0.3 is 5.32 Å². The van der Waals surface area contributed by atoms with Crippen LogP contribution >= 0.6 is 15.9 Å². The fourth-order valence-electron chi connectivity index (χ4n) is 2.11. The molecular formula is C16H15BrFN3O3. The van der Waals surface area contributed by atoms with Gasteiger partial charge in [0.15, 0.2) is 0 Å². The van der Waals surface area contributed by atoms with Crippen molar-refractivity contribution in [2.24, 2.45) is 0 Å². The molecule has 8 heteroatoms. The highest BCUT2D eigenvalue weighted by atomic mass is 79.9. The molecule has 24 heavy (non-hydrogen) atoms. The third-order valence-electron chi connectivity index (χ3n) is 3.22. The molecule has 0 radical (unpaired) electrons. The number of rotatable bonds is 6. The lowest BCUT2D eigenvalue weighted by Crippen LogP contribution is -2.29. The van der Waals surface area contributed by atoms with Gasteiger partial charge in [0, 0.05) is 23.2 Å². The first-order chi connectivity index (χ1) is 11.3. The van der Waals surface area contributed by atoms with Crippen molar-refractivity contribution in [3.63, 3.8) is 0 Å². The van der Waals surface area contributed by atoms with Crippen LogP contribution in [0, 0.1) is 15.9 Å². The normalized spacial score (nSPS) is 10.7. The fraction of sp³-hybridized carbons (Fsp3) is 0.188. The van der Waals surface area contributed by atoms with Gasteiger partial charge in [0.25, 0.3) is 5.69 Å². The molecule has 0 aliphatic heterocycles. The molecule has 0 bridgehead atoms. The van der Waals surface area contributed by atoms with Gasteiger partial charge >= 0.3 is 0 Å². The third kappa shape index (κ3) is 5.10. The molecule has 0 unspecified atom stereocenters. The highest BCUT2D eigenvalue weighted by molar-refractivity contribution is 9.10. The molecule has 0 aliphatic carbocycles. The van der Waals surface area contributed by atoms with Crippen molar-refractivity contribution in [1.82, 2.24) is 4.90 Å². The van der Waals surface area contributed by atoms with Crippen LogP contribution < -0.4 is 5.32 Å². The second-order valence-corrected chi connectivity index (χ2v) is 6.12. The minimum atomic E-state index is -0.507. The van der Waals surface area contributed by atoms with Crippen molar-refractivity contribution in [2.75, 3.05) is 18.9 Å². The lowest BCUT2D eigenvalue weighted by Gasteiger charge is -2.16. The van der Waals surface area contributed by atoms with Gasteiger partial charge in [0.05, 0.1) is 17.2 Å². The van der Waals surface area contributed by atoms with E-state index in [1.165, 1.54) is 30.3 Å². The monoisotopic (exact) mass is 395 g/mol.